The summed E-state index contributed by atoms with van der Waals surface area (Å²) in [7, 11) is 0. The molecule has 1 aromatic heterocycles. The Bertz CT molecular complexity index is 372. The van der Waals surface area contributed by atoms with Crippen LogP contribution in [-0.2, 0) is 5.41 Å². The molecular formula is C11H14Cl2N2. The third kappa shape index (κ3) is 1.65. The second-order valence-electron chi connectivity index (χ2n) is 4.78. The van der Waals surface area contributed by atoms with Crippen LogP contribution < -0.4 is 5.73 Å². The van der Waals surface area contributed by atoms with Crippen molar-refractivity contribution in [2.75, 3.05) is 0 Å². The van der Waals surface area contributed by atoms with Crippen molar-refractivity contribution in [1.82, 2.24) is 4.98 Å². The molecule has 1 fully saturated rings. The van der Waals surface area contributed by atoms with E-state index in [4.69, 9.17) is 28.9 Å². The third-order valence-corrected chi connectivity index (χ3v) is 3.89. The minimum absolute atomic E-state index is 0.0654. The molecule has 1 heterocycles. The summed E-state index contributed by atoms with van der Waals surface area (Å²) in [5.41, 5.74) is 6.80. The van der Waals surface area contributed by atoms with Crippen molar-refractivity contribution in [1.29, 1.82) is 0 Å². The fraction of sp³-hybridized carbons (Fsp3) is 0.545. The molecule has 0 unspecified atom stereocenters. The van der Waals surface area contributed by atoms with Gasteiger partial charge in [-0.05, 0) is 26.7 Å². The Hall–Kier alpha value is -0.310. The zero-order valence-corrected chi connectivity index (χ0v) is 10.4. The molecule has 1 saturated carbocycles. The molecule has 4 heteroatoms. The molecule has 1 aliphatic rings. The highest BCUT2D eigenvalue weighted by atomic mass is 35.5. The second-order valence-corrected chi connectivity index (χ2v) is 5.60. The monoisotopic (exact) mass is 244 g/mol. The van der Waals surface area contributed by atoms with Gasteiger partial charge in [-0.25, -0.2) is 0 Å². The van der Waals surface area contributed by atoms with E-state index in [0.717, 1.165) is 18.4 Å². The number of pyridine rings is 1. The first-order valence-corrected chi connectivity index (χ1v) is 5.72. The average Bonchev–Trinajstić information content (AvgIpc) is 2.83. The predicted molar refractivity (Wildman–Crippen MR) is 63.4 cm³/mol. The summed E-state index contributed by atoms with van der Waals surface area (Å²) in [6.45, 7) is 4.04. The van der Waals surface area contributed by atoms with Crippen molar-refractivity contribution >= 4 is 23.2 Å². The number of halogens is 2. The number of aromatic nitrogens is 1. The Balaban J connectivity index is 2.56. The summed E-state index contributed by atoms with van der Waals surface area (Å²) in [5.74, 6) is 0. The lowest BCUT2D eigenvalue weighted by Gasteiger charge is -2.32. The summed E-state index contributed by atoms with van der Waals surface area (Å²) in [4.78, 5) is 3.96. The third-order valence-electron chi connectivity index (χ3n) is 3.32. The topological polar surface area (TPSA) is 38.9 Å². The Morgan fingerprint density at radius 1 is 1.27 bits per heavy atom. The fourth-order valence-corrected chi connectivity index (χ4v) is 2.94. The fourth-order valence-electron chi connectivity index (χ4n) is 2.21. The van der Waals surface area contributed by atoms with Crippen LogP contribution in [0, 0.1) is 0 Å². The SMILES string of the molecule is CC(C)(N)C1(c2c(Cl)cncc2Cl)CC1. The van der Waals surface area contributed by atoms with Crippen LogP contribution in [0.1, 0.15) is 32.3 Å². The van der Waals surface area contributed by atoms with Crippen molar-refractivity contribution in [3.63, 3.8) is 0 Å². The molecular weight excluding hydrogens is 231 g/mol. The van der Waals surface area contributed by atoms with Crippen LogP contribution in [-0.4, -0.2) is 10.5 Å². The summed E-state index contributed by atoms with van der Waals surface area (Å²) in [5, 5.41) is 1.25. The Morgan fingerprint density at radius 3 is 2.07 bits per heavy atom. The molecule has 0 aliphatic heterocycles. The van der Waals surface area contributed by atoms with Gasteiger partial charge in [0.15, 0.2) is 0 Å². The maximum Gasteiger partial charge on any atom is 0.0642 e. The van der Waals surface area contributed by atoms with Gasteiger partial charge in [0.2, 0.25) is 0 Å². The van der Waals surface area contributed by atoms with Gasteiger partial charge in [0.05, 0.1) is 10.0 Å². The lowest BCUT2D eigenvalue weighted by Crippen LogP contribution is -2.45. The van der Waals surface area contributed by atoms with E-state index in [-0.39, 0.29) is 11.0 Å². The molecule has 82 valence electrons. The highest BCUT2D eigenvalue weighted by Gasteiger charge is 2.55. The van der Waals surface area contributed by atoms with E-state index in [1.54, 1.807) is 12.4 Å². The smallest absolute Gasteiger partial charge is 0.0642 e. The Morgan fingerprint density at radius 2 is 1.73 bits per heavy atom. The van der Waals surface area contributed by atoms with Gasteiger partial charge in [0.25, 0.3) is 0 Å². The van der Waals surface area contributed by atoms with Crippen LogP contribution >= 0.6 is 23.2 Å². The van der Waals surface area contributed by atoms with E-state index in [9.17, 15) is 0 Å². The molecule has 0 spiro atoms. The van der Waals surface area contributed by atoms with Crippen LogP contribution in [0.2, 0.25) is 10.0 Å². The van der Waals surface area contributed by atoms with Gasteiger partial charge >= 0.3 is 0 Å². The van der Waals surface area contributed by atoms with Crippen molar-refractivity contribution in [3.8, 4) is 0 Å². The molecule has 2 N–H and O–H groups in total. The van der Waals surface area contributed by atoms with E-state index in [1.165, 1.54) is 0 Å². The van der Waals surface area contributed by atoms with Crippen molar-refractivity contribution < 1.29 is 0 Å². The molecule has 2 nitrogen and oxygen atoms in total. The zero-order chi connectivity index (χ0) is 11.3. The molecule has 0 radical (unpaired) electrons. The van der Waals surface area contributed by atoms with Gasteiger partial charge in [-0.2, -0.15) is 0 Å². The summed E-state index contributed by atoms with van der Waals surface area (Å²) in [6, 6.07) is 0. The van der Waals surface area contributed by atoms with Gasteiger partial charge in [-0.15, -0.1) is 0 Å². The molecule has 0 bridgehead atoms. The predicted octanol–water partition coefficient (Wildman–Crippen LogP) is 3.16. The number of nitrogens with two attached hydrogens (primary N) is 1. The van der Waals surface area contributed by atoms with Gasteiger partial charge in [0.1, 0.15) is 0 Å². The maximum atomic E-state index is 6.21. The minimum Gasteiger partial charge on any atom is -0.325 e. The first-order valence-electron chi connectivity index (χ1n) is 4.97. The number of hydrogen-bond acceptors (Lipinski definition) is 2. The molecule has 15 heavy (non-hydrogen) atoms. The highest BCUT2D eigenvalue weighted by Crippen LogP contribution is 2.57. The highest BCUT2D eigenvalue weighted by molar-refractivity contribution is 6.36. The molecule has 0 saturated heterocycles. The lowest BCUT2D eigenvalue weighted by molar-refractivity contribution is 0.391. The quantitative estimate of drug-likeness (QED) is 0.869. The normalized spacial score (nSPS) is 19.0. The van der Waals surface area contributed by atoms with Crippen LogP contribution in [0.3, 0.4) is 0 Å². The molecule has 0 aromatic carbocycles. The first kappa shape index (κ1) is 11.2. The van der Waals surface area contributed by atoms with E-state index >= 15 is 0 Å². The molecule has 1 aliphatic carbocycles. The minimum atomic E-state index is -0.304. The largest absolute Gasteiger partial charge is 0.325 e. The standard InChI is InChI=1S/C11H14Cl2N2/c1-10(2,14)11(3-4-11)9-7(12)5-15-6-8(9)13/h5-6H,3-4,14H2,1-2H3. The lowest BCUT2D eigenvalue weighted by atomic mass is 9.79. The van der Waals surface area contributed by atoms with Gasteiger partial charge < -0.3 is 5.73 Å². The van der Waals surface area contributed by atoms with Crippen LogP contribution in [0.5, 0.6) is 0 Å². The summed E-state index contributed by atoms with van der Waals surface area (Å²) < 4.78 is 0. The number of hydrogen-bond donors (Lipinski definition) is 1. The van der Waals surface area contributed by atoms with Crippen molar-refractivity contribution in [3.05, 3.63) is 28.0 Å². The van der Waals surface area contributed by atoms with Crippen LogP contribution in [0.15, 0.2) is 12.4 Å². The summed E-state index contributed by atoms with van der Waals surface area (Å²) in [6.07, 6.45) is 5.35. The average molecular weight is 245 g/mol. The Labute approximate surface area is 99.8 Å². The second kappa shape index (κ2) is 3.34. The van der Waals surface area contributed by atoms with E-state index in [2.05, 4.69) is 4.98 Å². The first-order chi connectivity index (χ1) is 6.88. The summed E-state index contributed by atoms with van der Waals surface area (Å²) >= 11 is 12.3. The van der Waals surface area contributed by atoms with Gasteiger partial charge in [-0.1, -0.05) is 23.2 Å². The van der Waals surface area contributed by atoms with E-state index in [1.807, 2.05) is 13.8 Å². The van der Waals surface area contributed by atoms with E-state index < -0.39 is 0 Å². The zero-order valence-electron chi connectivity index (χ0n) is 8.85. The van der Waals surface area contributed by atoms with Crippen LogP contribution in [0.25, 0.3) is 0 Å². The Kier molecular flexibility index (Phi) is 2.49. The molecule has 1 aromatic rings. The van der Waals surface area contributed by atoms with Gasteiger partial charge in [0, 0.05) is 28.9 Å². The molecule has 0 atom stereocenters. The maximum absolute atomic E-state index is 6.21. The van der Waals surface area contributed by atoms with Crippen molar-refractivity contribution in [2.45, 2.75) is 37.6 Å². The number of rotatable bonds is 2. The number of nitrogens with zero attached hydrogens (tertiary/aromatic N) is 1. The molecule has 2 rings (SSSR count). The molecule has 0 amide bonds. The van der Waals surface area contributed by atoms with Crippen molar-refractivity contribution in [2.24, 2.45) is 5.73 Å². The van der Waals surface area contributed by atoms with E-state index in [0.29, 0.717) is 10.0 Å². The van der Waals surface area contributed by atoms with Gasteiger partial charge in [-0.3, -0.25) is 4.98 Å². The van der Waals surface area contributed by atoms with Crippen LogP contribution in [0.4, 0.5) is 0 Å².